The first kappa shape index (κ1) is 12.4. The molecule has 0 atom stereocenters. The smallest absolute Gasteiger partial charge is 0.406 e. The van der Waals surface area contributed by atoms with Gasteiger partial charge in [-0.25, -0.2) is 4.79 Å². The molecule has 1 amide bonds. The van der Waals surface area contributed by atoms with Crippen LogP contribution in [0, 0.1) is 6.92 Å². The third kappa shape index (κ3) is 3.46. The van der Waals surface area contributed by atoms with Gasteiger partial charge >= 0.3 is 6.09 Å². The Hall–Kier alpha value is -1.71. The molecule has 0 aliphatic heterocycles. The summed E-state index contributed by atoms with van der Waals surface area (Å²) in [6.07, 6.45) is 0.380. The highest BCUT2D eigenvalue weighted by atomic mass is 16.5. The summed E-state index contributed by atoms with van der Waals surface area (Å²) in [5.41, 5.74) is 2.26. The summed E-state index contributed by atoms with van der Waals surface area (Å²) in [6.45, 7) is 2.56. The summed E-state index contributed by atoms with van der Waals surface area (Å²) >= 11 is 0. The van der Waals surface area contributed by atoms with Gasteiger partial charge in [0.05, 0.1) is 14.2 Å². The Balaban J connectivity index is 2.49. The molecule has 4 nitrogen and oxygen atoms in total. The van der Waals surface area contributed by atoms with E-state index in [1.165, 1.54) is 7.11 Å². The minimum atomic E-state index is -0.398. The fourth-order valence-corrected chi connectivity index (χ4v) is 1.48. The van der Waals surface area contributed by atoms with Crippen LogP contribution >= 0.6 is 0 Å². The minimum Gasteiger partial charge on any atom is -0.496 e. The fourth-order valence-electron chi connectivity index (χ4n) is 1.48. The van der Waals surface area contributed by atoms with Crippen LogP contribution in [-0.2, 0) is 11.2 Å². The lowest BCUT2D eigenvalue weighted by Gasteiger charge is -2.07. The van der Waals surface area contributed by atoms with Crippen molar-refractivity contribution in [1.82, 2.24) is 5.32 Å². The molecule has 0 spiro atoms. The van der Waals surface area contributed by atoms with E-state index in [-0.39, 0.29) is 0 Å². The Morgan fingerprint density at radius 1 is 1.38 bits per heavy atom. The predicted molar refractivity (Wildman–Crippen MR) is 61.8 cm³/mol. The monoisotopic (exact) mass is 223 g/mol. The van der Waals surface area contributed by atoms with Crippen molar-refractivity contribution >= 4 is 6.09 Å². The van der Waals surface area contributed by atoms with E-state index in [0.717, 1.165) is 23.3 Å². The first-order valence-electron chi connectivity index (χ1n) is 5.12. The quantitative estimate of drug-likeness (QED) is 0.848. The first-order chi connectivity index (χ1) is 7.67. The zero-order valence-corrected chi connectivity index (χ0v) is 9.87. The van der Waals surface area contributed by atoms with E-state index >= 15 is 0 Å². The summed E-state index contributed by atoms with van der Waals surface area (Å²) in [5, 5.41) is 2.64. The normalized spacial score (nSPS) is 9.69. The van der Waals surface area contributed by atoms with Crippen LogP contribution in [0.3, 0.4) is 0 Å². The second-order valence-corrected chi connectivity index (χ2v) is 3.47. The Kier molecular flexibility index (Phi) is 4.64. The molecule has 0 unspecified atom stereocenters. The number of aryl methyl sites for hydroxylation is 1. The second kappa shape index (κ2) is 6.00. The van der Waals surface area contributed by atoms with E-state index in [1.807, 2.05) is 19.1 Å². The van der Waals surface area contributed by atoms with Gasteiger partial charge in [-0.2, -0.15) is 0 Å². The summed E-state index contributed by atoms with van der Waals surface area (Å²) in [4.78, 5) is 10.8. The fraction of sp³-hybridized carbons (Fsp3) is 0.417. The highest BCUT2D eigenvalue weighted by Gasteiger charge is 2.01. The van der Waals surface area contributed by atoms with Crippen molar-refractivity contribution in [3.63, 3.8) is 0 Å². The highest BCUT2D eigenvalue weighted by molar-refractivity contribution is 5.66. The molecule has 88 valence electrons. The van der Waals surface area contributed by atoms with Gasteiger partial charge in [0.2, 0.25) is 0 Å². The number of methoxy groups -OCH3 is 2. The Bertz CT molecular complexity index is 363. The van der Waals surface area contributed by atoms with Crippen LogP contribution in [0.5, 0.6) is 5.75 Å². The van der Waals surface area contributed by atoms with Crippen molar-refractivity contribution in [2.24, 2.45) is 0 Å². The van der Waals surface area contributed by atoms with Crippen LogP contribution in [-0.4, -0.2) is 26.9 Å². The number of rotatable bonds is 4. The van der Waals surface area contributed by atoms with Crippen LogP contribution in [0.25, 0.3) is 0 Å². The molecule has 0 aliphatic rings. The molecule has 0 radical (unpaired) electrons. The number of carbonyl (C=O) groups is 1. The number of ether oxygens (including phenoxy) is 2. The van der Waals surface area contributed by atoms with Crippen LogP contribution in [0.4, 0.5) is 4.79 Å². The van der Waals surface area contributed by atoms with Crippen LogP contribution in [0.2, 0.25) is 0 Å². The zero-order valence-electron chi connectivity index (χ0n) is 9.87. The van der Waals surface area contributed by atoms with E-state index in [9.17, 15) is 4.79 Å². The van der Waals surface area contributed by atoms with Gasteiger partial charge in [0.15, 0.2) is 0 Å². The molecular formula is C12H17NO3. The lowest BCUT2D eigenvalue weighted by molar-refractivity contribution is 0.171. The van der Waals surface area contributed by atoms with E-state index in [1.54, 1.807) is 7.11 Å². The maximum Gasteiger partial charge on any atom is 0.406 e. The average molecular weight is 223 g/mol. The maximum absolute atomic E-state index is 10.8. The molecule has 0 bridgehead atoms. The van der Waals surface area contributed by atoms with Gasteiger partial charge in [-0.15, -0.1) is 0 Å². The van der Waals surface area contributed by atoms with Gasteiger partial charge in [-0.1, -0.05) is 12.1 Å². The maximum atomic E-state index is 10.8. The Morgan fingerprint density at radius 2 is 2.12 bits per heavy atom. The van der Waals surface area contributed by atoms with Crippen LogP contribution < -0.4 is 10.1 Å². The number of hydrogen-bond donors (Lipinski definition) is 1. The van der Waals surface area contributed by atoms with Crippen LogP contribution in [0.15, 0.2) is 18.2 Å². The van der Waals surface area contributed by atoms with Crippen molar-refractivity contribution in [1.29, 1.82) is 0 Å². The van der Waals surface area contributed by atoms with Crippen molar-refractivity contribution in [3.05, 3.63) is 29.3 Å². The molecule has 1 N–H and O–H groups in total. The third-order valence-corrected chi connectivity index (χ3v) is 2.33. The highest BCUT2D eigenvalue weighted by Crippen LogP contribution is 2.18. The van der Waals surface area contributed by atoms with E-state index in [2.05, 4.69) is 16.1 Å². The molecule has 0 fully saturated rings. The molecule has 1 aromatic rings. The molecule has 0 saturated carbocycles. The summed E-state index contributed by atoms with van der Waals surface area (Å²) < 4.78 is 9.65. The molecule has 0 aliphatic carbocycles. The topological polar surface area (TPSA) is 47.6 Å². The van der Waals surface area contributed by atoms with E-state index < -0.39 is 6.09 Å². The molecule has 16 heavy (non-hydrogen) atoms. The van der Waals surface area contributed by atoms with Gasteiger partial charge in [-0.3, -0.25) is 0 Å². The van der Waals surface area contributed by atoms with E-state index in [4.69, 9.17) is 4.74 Å². The van der Waals surface area contributed by atoms with Gasteiger partial charge in [0.1, 0.15) is 5.75 Å². The van der Waals surface area contributed by atoms with Crippen molar-refractivity contribution in [2.75, 3.05) is 20.8 Å². The lowest BCUT2D eigenvalue weighted by Crippen LogP contribution is -2.25. The van der Waals surface area contributed by atoms with Crippen LogP contribution in [0.1, 0.15) is 11.1 Å². The SMILES string of the molecule is COC(=O)NCCc1ccc(OC)c(C)c1. The third-order valence-electron chi connectivity index (χ3n) is 2.33. The Labute approximate surface area is 95.6 Å². The molecule has 1 aromatic carbocycles. The zero-order chi connectivity index (χ0) is 12.0. The van der Waals surface area contributed by atoms with Crippen molar-refractivity contribution in [2.45, 2.75) is 13.3 Å². The average Bonchev–Trinajstić information content (AvgIpc) is 2.29. The number of hydrogen-bond acceptors (Lipinski definition) is 3. The second-order valence-electron chi connectivity index (χ2n) is 3.47. The van der Waals surface area contributed by atoms with Crippen molar-refractivity contribution < 1.29 is 14.3 Å². The van der Waals surface area contributed by atoms with Gasteiger partial charge in [-0.05, 0) is 30.5 Å². The summed E-state index contributed by atoms with van der Waals surface area (Å²) in [6, 6.07) is 5.98. The number of amides is 1. The number of nitrogens with one attached hydrogen (secondary N) is 1. The molecule has 1 rings (SSSR count). The summed E-state index contributed by atoms with van der Waals surface area (Å²) in [7, 11) is 3.01. The standard InChI is InChI=1S/C12H17NO3/c1-9-8-10(4-5-11(9)15-2)6-7-13-12(14)16-3/h4-5,8H,6-7H2,1-3H3,(H,13,14). The number of carbonyl (C=O) groups excluding carboxylic acids is 1. The Morgan fingerprint density at radius 3 is 2.69 bits per heavy atom. The van der Waals surface area contributed by atoms with Gasteiger partial charge in [0, 0.05) is 6.54 Å². The predicted octanol–water partition coefficient (Wildman–Crippen LogP) is 1.90. The molecule has 4 heteroatoms. The molecule has 0 aromatic heterocycles. The minimum absolute atomic E-state index is 0.398. The summed E-state index contributed by atoms with van der Waals surface area (Å²) in [5.74, 6) is 0.879. The van der Waals surface area contributed by atoms with Gasteiger partial charge < -0.3 is 14.8 Å². The number of alkyl carbamates (subject to hydrolysis) is 1. The molecule has 0 heterocycles. The molecule has 0 saturated heterocycles. The van der Waals surface area contributed by atoms with E-state index in [0.29, 0.717) is 6.54 Å². The lowest BCUT2D eigenvalue weighted by atomic mass is 10.1. The van der Waals surface area contributed by atoms with Gasteiger partial charge in [0.25, 0.3) is 0 Å². The molecular weight excluding hydrogens is 206 g/mol. The number of benzene rings is 1. The first-order valence-corrected chi connectivity index (χ1v) is 5.12. The largest absolute Gasteiger partial charge is 0.496 e. The van der Waals surface area contributed by atoms with Crippen molar-refractivity contribution in [3.8, 4) is 5.75 Å².